The predicted molar refractivity (Wildman–Crippen MR) is 40.4 cm³/mol. The van der Waals surface area contributed by atoms with Crippen molar-refractivity contribution in [2.24, 2.45) is 5.89 Å². The molecular weight excluding hydrogens is 112 g/mol. The summed E-state index contributed by atoms with van der Waals surface area (Å²) in [5.41, 5.74) is 0. The molecule has 0 aliphatic carbocycles. The highest BCUT2D eigenvalue weighted by atomic mass is 16.3. The van der Waals surface area contributed by atoms with E-state index in [4.69, 9.17) is 23.3 Å². The Morgan fingerprint density at radius 3 is 3.22 bits per heavy atom. The zero-order valence-corrected chi connectivity index (χ0v) is 4.45. The molecule has 0 saturated carbocycles. The highest BCUT2D eigenvalue weighted by Crippen LogP contribution is 2.10. The van der Waals surface area contributed by atoms with Crippen LogP contribution in [0.1, 0.15) is 62.5 Å². The van der Waals surface area contributed by atoms with Crippen molar-refractivity contribution in [3.63, 3.8) is 0 Å². The SMILES string of the molecule is [2H]C([2H])([2H])C([2H])([2H])C([2H])([2H])C([2H])([2H])C([2H])(C([2H])([2H])O)C([2H])([2H])C([2H])([2H])[2H]. The third kappa shape index (κ3) is 4.46. The summed E-state index contributed by atoms with van der Waals surface area (Å²) in [6.07, 6.45) is -17.2. The molecule has 0 aliphatic rings. The van der Waals surface area contributed by atoms with Crippen molar-refractivity contribution in [1.29, 1.82) is 0 Å². The van der Waals surface area contributed by atoms with Crippen LogP contribution in [0.15, 0.2) is 0 Å². The first kappa shape index (κ1) is 0.911. The first-order chi connectivity index (χ1) is 10.8. The molecule has 0 amide bonds. The molecule has 0 heterocycles. The fourth-order valence-electron chi connectivity index (χ4n) is 0.181. The Morgan fingerprint density at radius 2 is 2.67 bits per heavy atom. The van der Waals surface area contributed by atoms with Crippen molar-refractivity contribution in [2.45, 2.75) is 39.2 Å². The number of aliphatic hydroxyl groups is 1. The van der Waals surface area contributed by atoms with E-state index in [0.29, 0.717) is 0 Å². The van der Waals surface area contributed by atoms with Gasteiger partial charge in [0.2, 0.25) is 0 Å². The van der Waals surface area contributed by atoms with Crippen LogP contribution in [-0.2, 0) is 0 Å². The summed E-state index contributed by atoms with van der Waals surface area (Å²) in [6.45, 7) is -12.2. The van der Waals surface area contributed by atoms with Gasteiger partial charge in [0.25, 0.3) is 0 Å². The summed E-state index contributed by atoms with van der Waals surface area (Å²) in [6, 6.07) is 0. The third-order valence-corrected chi connectivity index (χ3v) is 0.487. The molecule has 0 spiro atoms. The van der Waals surface area contributed by atoms with Gasteiger partial charge in [-0.1, -0.05) is 32.8 Å². The molecule has 0 aromatic heterocycles. The van der Waals surface area contributed by atoms with Crippen LogP contribution in [0.2, 0.25) is 0 Å². The lowest BCUT2D eigenvalue weighted by Crippen LogP contribution is -2.03. The molecular formula is C8H18O. The van der Waals surface area contributed by atoms with E-state index in [1.54, 1.807) is 0 Å². The minimum Gasteiger partial charge on any atom is -0.396 e. The van der Waals surface area contributed by atoms with Crippen molar-refractivity contribution in [3.8, 4) is 0 Å². The van der Waals surface area contributed by atoms with Crippen LogP contribution >= 0.6 is 0 Å². The molecule has 1 N–H and O–H groups in total. The highest BCUT2D eigenvalue weighted by molar-refractivity contribution is 4.53. The number of hydrogen-bond acceptors (Lipinski definition) is 1. The predicted octanol–water partition coefficient (Wildman–Crippen LogP) is 2.20. The van der Waals surface area contributed by atoms with Crippen LogP contribution < -0.4 is 0 Å². The normalized spacial score (nSPS) is 55.9. The fourth-order valence-corrected chi connectivity index (χ4v) is 0.181. The Hall–Kier alpha value is -0.0400. The van der Waals surface area contributed by atoms with Crippen LogP contribution in [0.5, 0.6) is 0 Å². The molecule has 1 atom stereocenters. The second-order valence-electron chi connectivity index (χ2n) is 0.987. The molecule has 0 bridgehead atoms. The minimum absolute atomic E-state index is 3.85. The summed E-state index contributed by atoms with van der Waals surface area (Å²) in [7, 11) is 0. The average molecular weight is 147 g/mol. The zero-order chi connectivity index (χ0) is 22.0. The summed E-state index contributed by atoms with van der Waals surface area (Å²) in [4.78, 5) is 0. The summed E-state index contributed by atoms with van der Waals surface area (Å²) < 4.78 is 125. The Bertz CT molecular complexity index is 520. The van der Waals surface area contributed by atoms with E-state index in [0.717, 1.165) is 0 Å². The quantitative estimate of drug-likeness (QED) is 0.632. The van der Waals surface area contributed by atoms with Gasteiger partial charge in [-0.25, -0.2) is 0 Å². The monoisotopic (exact) mass is 147 g/mol. The van der Waals surface area contributed by atoms with Crippen LogP contribution in [0.4, 0.5) is 0 Å². The van der Waals surface area contributed by atoms with Gasteiger partial charge in [-0.15, -0.1) is 0 Å². The largest absolute Gasteiger partial charge is 0.396 e. The molecule has 0 fully saturated rings. The van der Waals surface area contributed by atoms with Gasteiger partial charge in [0, 0.05) is 27.1 Å². The Labute approximate surface area is 82.0 Å². The van der Waals surface area contributed by atoms with Gasteiger partial charge in [-0.05, 0) is 12.3 Å². The standard InChI is InChI=1S/C8H18O/c1-3-5-6-8(4-2)7-9/h8-9H,3-7H2,1-2H3/i1D3,2D3,3D2,4D2,5D2,6D2,7D2,8D. The van der Waals surface area contributed by atoms with Crippen LogP contribution in [-0.4, -0.2) is 11.7 Å². The van der Waals surface area contributed by atoms with Gasteiger partial charge in [0.05, 0.1) is 2.74 Å². The maximum atomic E-state index is 9.59. The lowest BCUT2D eigenvalue weighted by Gasteiger charge is -2.08. The molecule has 0 rings (SSSR count). The van der Waals surface area contributed by atoms with Gasteiger partial charge in [0.1, 0.15) is 0 Å². The topological polar surface area (TPSA) is 20.2 Å². The molecule has 1 unspecified atom stereocenters. The van der Waals surface area contributed by atoms with Crippen molar-refractivity contribution in [1.82, 2.24) is 0 Å². The third-order valence-electron chi connectivity index (χ3n) is 0.487. The second-order valence-corrected chi connectivity index (χ2v) is 0.987. The number of rotatable bonds is 5. The smallest absolute Gasteiger partial charge is 0.0567 e. The van der Waals surface area contributed by atoms with E-state index in [1.165, 1.54) is 0 Å². The van der Waals surface area contributed by atoms with E-state index in [2.05, 4.69) is 0 Å². The van der Waals surface area contributed by atoms with Crippen molar-refractivity contribution in [3.05, 3.63) is 0 Å². The van der Waals surface area contributed by atoms with Crippen LogP contribution in [0.3, 0.4) is 0 Å². The van der Waals surface area contributed by atoms with Crippen molar-refractivity contribution in [2.75, 3.05) is 6.56 Å². The molecule has 56 valence electrons. The fraction of sp³-hybridized carbons (Fsp3) is 1.00. The van der Waals surface area contributed by atoms with Gasteiger partial charge in [-0.3, -0.25) is 0 Å². The van der Waals surface area contributed by atoms with E-state index >= 15 is 0 Å². The molecule has 1 nitrogen and oxygen atoms in total. The Kier molecular flexibility index (Phi) is 0.616. The average Bonchev–Trinajstić information content (AvgIpc) is 2.32. The first-order valence-corrected chi connectivity index (χ1v) is 1.97. The summed E-state index contributed by atoms with van der Waals surface area (Å²) >= 11 is 0. The lowest BCUT2D eigenvalue weighted by atomic mass is 10.0. The van der Waals surface area contributed by atoms with Gasteiger partial charge in [0.15, 0.2) is 0 Å². The highest BCUT2D eigenvalue weighted by Gasteiger charge is 2.01. The molecule has 0 aliphatic heterocycles. The van der Waals surface area contributed by atoms with Crippen molar-refractivity contribution < 1.29 is 28.4 Å². The minimum atomic E-state index is -4.50. The van der Waals surface area contributed by atoms with E-state index in [9.17, 15) is 5.11 Å². The molecule has 0 saturated heterocycles. The maximum absolute atomic E-state index is 9.59. The lowest BCUT2D eigenvalue weighted by molar-refractivity contribution is 0.212. The van der Waals surface area contributed by atoms with Gasteiger partial charge < -0.3 is 5.11 Å². The second kappa shape index (κ2) is 6.09. The molecule has 0 aromatic rings. The molecule has 9 heavy (non-hydrogen) atoms. The number of hydrogen-bond donors (Lipinski definition) is 1. The Balaban J connectivity index is 7.03. The van der Waals surface area contributed by atoms with E-state index in [-0.39, 0.29) is 0 Å². The van der Waals surface area contributed by atoms with Crippen molar-refractivity contribution >= 4 is 0 Å². The molecule has 0 radical (unpaired) electrons. The van der Waals surface area contributed by atoms with Gasteiger partial charge in [-0.2, -0.15) is 0 Å². The van der Waals surface area contributed by atoms with E-state index < -0.39 is 51.6 Å². The molecule has 0 aromatic carbocycles. The van der Waals surface area contributed by atoms with Crippen LogP contribution in [0.25, 0.3) is 0 Å². The maximum Gasteiger partial charge on any atom is 0.0567 e. The zero-order valence-electron chi connectivity index (χ0n) is 21.4. The van der Waals surface area contributed by atoms with E-state index in [1.807, 2.05) is 0 Å². The van der Waals surface area contributed by atoms with Crippen LogP contribution in [0, 0.1) is 5.89 Å². The summed E-state index contributed by atoms with van der Waals surface area (Å²) in [5, 5.41) is 9.59. The summed E-state index contributed by atoms with van der Waals surface area (Å²) in [5.74, 6) is -4.50. The molecule has 1 heteroatoms. The van der Waals surface area contributed by atoms with Gasteiger partial charge >= 0.3 is 0 Å². The Morgan fingerprint density at radius 1 is 1.78 bits per heavy atom. The first-order valence-electron chi connectivity index (χ1n) is 10.5.